The van der Waals surface area contributed by atoms with Gasteiger partial charge in [-0.2, -0.15) is 0 Å². The van der Waals surface area contributed by atoms with Crippen molar-refractivity contribution in [3.63, 3.8) is 0 Å². The molecular weight excluding hydrogens is 370 g/mol. The summed E-state index contributed by atoms with van der Waals surface area (Å²) in [7, 11) is 0.542. The van der Waals surface area contributed by atoms with Crippen LogP contribution in [0, 0.1) is 6.92 Å². The van der Waals surface area contributed by atoms with Crippen molar-refractivity contribution in [2.24, 2.45) is 0 Å². The Balaban J connectivity index is 1.85. The first-order valence-corrected chi connectivity index (χ1v) is 11.2. The molecule has 0 spiro atoms. The predicted octanol–water partition coefficient (Wildman–Crippen LogP) is 3.86. The second-order valence-corrected chi connectivity index (χ2v) is 9.35. The maximum absolute atomic E-state index is 13.1. The Morgan fingerprint density at radius 3 is 2.57 bits per heavy atom. The van der Waals surface area contributed by atoms with Crippen molar-refractivity contribution < 1.29 is 8.42 Å². The average molecular weight is 400 g/mol. The van der Waals surface area contributed by atoms with E-state index in [-0.39, 0.29) is 5.75 Å². The summed E-state index contributed by atoms with van der Waals surface area (Å²) in [5.41, 5.74) is 4.65. The molecule has 0 bridgehead atoms. The number of likely N-dealkylation sites (N-methyl/N-ethyl adjacent to an activating group) is 1. The zero-order valence-corrected chi connectivity index (χ0v) is 17.9. The average Bonchev–Trinajstić information content (AvgIpc) is 2.98. The van der Waals surface area contributed by atoms with E-state index in [4.69, 9.17) is 0 Å². The van der Waals surface area contributed by atoms with Crippen LogP contribution in [0.1, 0.15) is 23.6 Å². The molecule has 5 nitrogen and oxygen atoms in total. The lowest BCUT2D eigenvalue weighted by Gasteiger charge is -2.13. The molecule has 1 N–H and O–H groups in total. The maximum atomic E-state index is 13.1. The minimum absolute atomic E-state index is 0.0328. The van der Waals surface area contributed by atoms with Gasteiger partial charge in [0.25, 0.3) is 0 Å². The molecule has 2 aromatic carbocycles. The van der Waals surface area contributed by atoms with E-state index < -0.39 is 10.0 Å². The lowest BCUT2D eigenvalue weighted by atomic mass is 10.1. The highest BCUT2D eigenvalue weighted by Crippen LogP contribution is 2.25. The van der Waals surface area contributed by atoms with Crippen LogP contribution in [0.5, 0.6) is 0 Å². The van der Waals surface area contributed by atoms with E-state index >= 15 is 0 Å². The van der Waals surface area contributed by atoms with Crippen LogP contribution in [-0.2, 0) is 22.2 Å². The summed E-state index contributed by atoms with van der Waals surface area (Å²) in [5, 5.41) is 4.35. The minimum Gasteiger partial charge on any atom is -0.384 e. The molecule has 0 aliphatic carbocycles. The molecule has 6 heteroatoms. The van der Waals surface area contributed by atoms with Crippen LogP contribution in [0.15, 0.2) is 48.7 Å². The highest BCUT2D eigenvalue weighted by molar-refractivity contribution is 7.89. The van der Waals surface area contributed by atoms with E-state index in [1.54, 1.807) is 6.20 Å². The largest absolute Gasteiger partial charge is 0.384 e. The number of anilines is 1. The van der Waals surface area contributed by atoms with Crippen LogP contribution in [0.4, 0.5) is 5.69 Å². The summed E-state index contributed by atoms with van der Waals surface area (Å²) in [5.74, 6) is -0.0328. The number of nitrogens with zero attached hydrogens (tertiary/aromatic N) is 2. The van der Waals surface area contributed by atoms with Gasteiger partial charge >= 0.3 is 0 Å². The lowest BCUT2D eigenvalue weighted by Crippen LogP contribution is -2.20. The van der Waals surface area contributed by atoms with Crippen LogP contribution in [0.3, 0.4) is 0 Å². The molecule has 28 heavy (non-hydrogen) atoms. The van der Waals surface area contributed by atoms with Crippen LogP contribution < -0.4 is 5.32 Å². The summed E-state index contributed by atoms with van der Waals surface area (Å²) >= 11 is 0. The van der Waals surface area contributed by atoms with E-state index in [9.17, 15) is 8.42 Å². The number of benzene rings is 2. The molecular formula is C22H29N3O2S. The monoisotopic (exact) mass is 399 g/mol. The normalized spacial score (nSPS) is 12.0. The third-order valence-corrected chi connectivity index (χ3v) is 6.51. The van der Waals surface area contributed by atoms with Gasteiger partial charge in [0, 0.05) is 30.4 Å². The highest BCUT2D eigenvalue weighted by atomic mass is 32.2. The predicted molar refractivity (Wildman–Crippen MR) is 118 cm³/mol. The quantitative estimate of drug-likeness (QED) is 0.625. The maximum Gasteiger partial charge on any atom is 0.243 e. The molecule has 0 atom stereocenters. The lowest BCUT2D eigenvalue weighted by molar-refractivity contribution is 0.425. The molecule has 0 unspecified atom stereocenters. The van der Waals surface area contributed by atoms with Gasteiger partial charge in [-0.15, -0.1) is 0 Å². The first-order chi connectivity index (χ1) is 13.3. The summed E-state index contributed by atoms with van der Waals surface area (Å²) in [6.07, 6.45) is 2.67. The minimum atomic E-state index is -3.51. The SMILES string of the molecule is CCc1ccc2c(c1)c(C)cn2S(=O)(=O)Cc1cccc(NCCN(C)C)c1. The fourth-order valence-corrected chi connectivity index (χ4v) is 4.85. The van der Waals surface area contributed by atoms with Crippen molar-refractivity contribution in [2.45, 2.75) is 26.0 Å². The zero-order valence-electron chi connectivity index (χ0n) is 17.1. The van der Waals surface area contributed by atoms with Gasteiger partial charge in [-0.3, -0.25) is 0 Å². The number of hydrogen-bond donors (Lipinski definition) is 1. The molecule has 0 saturated heterocycles. The Labute approximate surface area is 168 Å². The molecule has 0 radical (unpaired) electrons. The molecule has 1 heterocycles. The van der Waals surface area contributed by atoms with E-state index in [0.717, 1.165) is 47.2 Å². The number of hydrogen-bond acceptors (Lipinski definition) is 4. The summed E-state index contributed by atoms with van der Waals surface area (Å²) in [6, 6.07) is 13.7. The first kappa shape index (κ1) is 20.4. The van der Waals surface area contributed by atoms with Gasteiger partial charge in [-0.25, -0.2) is 12.4 Å². The Bertz CT molecular complexity index is 1070. The van der Waals surface area contributed by atoms with E-state index in [1.165, 1.54) is 9.54 Å². The summed E-state index contributed by atoms with van der Waals surface area (Å²) in [6.45, 7) is 5.79. The second kappa shape index (κ2) is 8.37. The van der Waals surface area contributed by atoms with E-state index in [2.05, 4.69) is 23.2 Å². The van der Waals surface area contributed by atoms with Crippen molar-refractivity contribution in [1.29, 1.82) is 0 Å². The van der Waals surface area contributed by atoms with Gasteiger partial charge < -0.3 is 10.2 Å². The number of aromatic nitrogens is 1. The van der Waals surface area contributed by atoms with Gasteiger partial charge in [-0.05, 0) is 68.4 Å². The Hall–Kier alpha value is -2.31. The third-order valence-electron chi connectivity index (χ3n) is 4.91. The summed E-state index contributed by atoms with van der Waals surface area (Å²) in [4.78, 5) is 2.10. The van der Waals surface area contributed by atoms with Crippen molar-refractivity contribution >= 4 is 26.6 Å². The topological polar surface area (TPSA) is 54.3 Å². The van der Waals surface area contributed by atoms with Crippen molar-refractivity contribution in [2.75, 3.05) is 32.5 Å². The van der Waals surface area contributed by atoms with Crippen LogP contribution in [-0.4, -0.2) is 44.5 Å². The molecule has 0 aliphatic rings. The number of aryl methyl sites for hydroxylation is 2. The Kier molecular flexibility index (Phi) is 6.10. The number of nitrogens with one attached hydrogen (secondary N) is 1. The fourth-order valence-electron chi connectivity index (χ4n) is 3.33. The fraction of sp³-hybridized carbons (Fsp3) is 0.364. The van der Waals surface area contributed by atoms with Gasteiger partial charge in [0.15, 0.2) is 0 Å². The van der Waals surface area contributed by atoms with Crippen molar-refractivity contribution in [3.05, 3.63) is 65.4 Å². The number of fused-ring (bicyclic) bond motifs is 1. The Morgan fingerprint density at radius 1 is 1.07 bits per heavy atom. The standard InChI is InChI=1S/C22H29N3O2S/c1-5-18-9-10-22-21(14-18)17(2)15-25(22)28(26,27)16-19-7-6-8-20(13-19)23-11-12-24(3)4/h6-10,13-15,23H,5,11-12,16H2,1-4H3. The Morgan fingerprint density at radius 2 is 1.86 bits per heavy atom. The third kappa shape index (κ3) is 4.56. The van der Waals surface area contributed by atoms with Gasteiger partial charge in [0.05, 0.1) is 11.3 Å². The van der Waals surface area contributed by atoms with Crippen LogP contribution >= 0.6 is 0 Å². The smallest absolute Gasteiger partial charge is 0.243 e. The first-order valence-electron chi connectivity index (χ1n) is 9.61. The highest BCUT2D eigenvalue weighted by Gasteiger charge is 2.19. The summed E-state index contributed by atoms with van der Waals surface area (Å²) < 4.78 is 27.7. The second-order valence-electron chi connectivity index (χ2n) is 7.50. The molecule has 3 rings (SSSR count). The van der Waals surface area contributed by atoms with Crippen molar-refractivity contribution in [1.82, 2.24) is 8.87 Å². The van der Waals surface area contributed by atoms with Gasteiger partial charge in [0.2, 0.25) is 10.0 Å². The molecule has 150 valence electrons. The zero-order chi connectivity index (χ0) is 20.3. The number of rotatable bonds is 8. The molecule has 3 aromatic rings. The molecule has 1 aromatic heterocycles. The molecule has 0 amide bonds. The van der Waals surface area contributed by atoms with Crippen molar-refractivity contribution in [3.8, 4) is 0 Å². The van der Waals surface area contributed by atoms with Crippen LogP contribution in [0.25, 0.3) is 10.9 Å². The van der Waals surface area contributed by atoms with E-state index in [1.807, 2.05) is 57.4 Å². The van der Waals surface area contributed by atoms with E-state index in [0.29, 0.717) is 0 Å². The molecule has 0 aliphatic heterocycles. The molecule has 0 saturated carbocycles. The van der Waals surface area contributed by atoms with Gasteiger partial charge in [0.1, 0.15) is 0 Å². The van der Waals surface area contributed by atoms with Crippen LogP contribution in [0.2, 0.25) is 0 Å². The molecule has 0 fully saturated rings. The van der Waals surface area contributed by atoms with Gasteiger partial charge in [-0.1, -0.05) is 25.1 Å².